The fraction of sp³-hybridized carbons (Fsp3) is 0.0714. The third-order valence-electron chi connectivity index (χ3n) is 2.87. The molecule has 1 aromatic carbocycles. The minimum absolute atomic E-state index is 0.667. The Balaban J connectivity index is 1.90. The predicted octanol–water partition coefficient (Wildman–Crippen LogP) is 4.54. The van der Waals surface area contributed by atoms with Gasteiger partial charge < -0.3 is 5.11 Å². The first-order valence-electron chi connectivity index (χ1n) is 5.88. The highest BCUT2D eigenvalue weighted by atomic mass is 79.9. The lowest BCUT2D eigenvalue weighted by atomic mass is 10.2. The molecule has 2 heterocycles. The molecule has 3 rings (SSSR count). The molecule has 0 bridgehead atoms. The molecule has 0 spiro atoms. The van der Waals surface area contributed by atoms with E-state index in [0.29, 0.717) is 0 Å². The van der Waals surface area contributed by atoms with Gasteiger partial charge in [-0.3, -0.25) is 0 Å². The molecule has 0 aliphatic heterocycles. The first-order chi connectivity index (χ1) is 9.65. The fourth-order valence-electron chi connectivity index (χ4n) is 1.86. The Labute approximate surface area is 137 Å². The highest BCUT2D eigenvalue weighted by Gasteiger charge is 2.17. The van der Waals surface area contributed by atoms with Crippen LogP contribution in [0.15, 0.2) is 57.1 Å². The van der Waals surface area contributed by atoms with Crippen molar-refractivity contribution in [1.29, 1.82) is 0 Å². The van der Waals surface area contributed by atoms with E-state index in [1.165, 1.54) is 11.3 Å². The average Bonchev–Trinajstić information content (AvgIpc) is 3.07. The summed E-state index contributed by atoms with van der Waals surface area (Å²) in [6, 6.07) is 11.7. The van der Waals surface area contributed by atoms with Gasteiger partial charge in [0.25, 0.3) is 0 Å². The van der Waals surface area contributed by atoms with Crippen LogP contribution in [-0.2, 0) is 0 Å². The quantitative estimate of drug-likeness (QED) is 0.684. The van der Waals surface area contributed by atoms with Crippen LogP contribution in [0.25, 0.3) is 5.69 Å². The number of hydrogen-bond acceptors (Lipinski definition) is 3. The van der Waals surface area contributed by atoms with Crippen LogP contribution in [0.3, 0.4) is 0 Å². The van der Waals surface area contributed by atoms with E-state index < -0.39 is 6.10 Å². The fourth-order valence-corrected chi connectivity index (χ4v) is 3.97. The minimum Gasteiger partial charge on any atom is -0.383 e. The summed E-state index contributed by atoms with van der Waals surface area (Å²) in [6.07, 6.45) is 2.88. The lowest BCUT2D eigenvalue weighted by Crippen LogP contribution is -1.96. The molecule has 1 atom stereocenters. The number of rotatable bonds is 3. The highest BCUT2D eigenvalue weighted by Crippen LogP contribution is 2.37. The van der Waals surface area contributed by atoms with Crippen molar-refractivity contribution in [2.24, 2.45) is 0 Å². The van der Waals surface area contributed by atoms with Crippen LogP contribution in [0.5, 0.6) is 0 Å². The number of halogens is 2. The molecule has 0 aliphatic rings. The molecule has 20 heavy (non-hydrogen) atoms. The van der Waals surface area contributed by atoms with Gasteiger partial charge in [-0.15, -0.1) is 11.3 Å². The standard InChI is InChI=1S/C14H10Br2N2OS/c15-11-6-12(20-14(11)16)13(19)9-7-17-18(8-9)10-4-2-1-3-5-10/h1-8,13,19H. The number of benzene rings is 1. The topological polar surface area (TPSA) is 38.1 Å². The third-order valence-corrected chi connectivity index (χ3v) is 6.18. The van der Waals surface area contributed by atoms with E-state index in [-0.39, 0.29) is 0 Å². The van der Waals surface area contributed by atoms with Gasteiger partial charge in [-0.25, -0.2) is 4.68 Å². The number of aliphatic hydroxyl groups excluding tert-OH is 1. The summed E-state index contributed by atoms with van der Waals surface area (Å²) >= 11 is 8.37. The van der Waals surface area contributed by atoms with E-state index >= 15 is 0 Å². The maximum atomic E-state index is 10.4. The molecule has 102 valence electrons. The molecule has 1 N–H and O–H groups in total. The van der Waals surface area contributed by atoms with Gasteiger partial charge in [0.05, 0.1) is 15.7 Å². The summed E-state index contributed by atoms with van der Waals surface area (Å²) in [5, 5.41) is 14.7. The summed E-state index contributed by atoms with van der Waals surface area (Å²) in [5.74, 6) is 0. The van der Waals surface area contributed by atoms with Crippen LogP contribution in [0.4, 0.5) is 0 Å². The molecule has 0 saturated carbocycles. The van der Waals surface area contributed by atoms with E-state index in [2.05, 4.69) is 37.0 Å². The van der Waals surface area contributed by atoms with E-state index in [0.717, 1.165) is 24.4 Å². The van der Waals surface area contributed by atoms with Crippen LogP contribution < -0.4 is 0 Å². The van der Waals surface area contributed by atoms with Gasteiger partial charge in [0.15, 0.2) is 0 Å². The smallest absolute Gasteiger partial charge is 0.116 e. The first kappa shape index (κ1) is 14.0. The molecule has 0 amide bonds. The number of aromatic nitrogens is 2. The Hall–Kier alpha value is -0.950. The third kappa shape index (κ3) is 2.74. The second-order valence-corrected chi connectivity index (χ2v) is 7.48. The van der Waals surface area contributed by atoms with Crippen molar-refractivity contribution >= 4 is 43.2 Å². The zero-order valence-electron chi connectivity index (χ0n) is 10.2. The van der Waals surface area contributed by atoms with Crippen molar-refractivity contribution in [1.82, 2.24) is 9.78 Å². The normalized spacial score (nSPS) is 12.6. The van der Waals surface area contributed by atoms with E-state index in [9.17, 15) is 5.11 Å². The summed E-state index contributed by atoms with van der Waals surface area (Å²) in [4.78, 5) is 0.872. The van der Waals surface area contributed by atoms with Crippen molar-refractivity contribution in [3.63, 3.8) is 0 Å². The largest absolute Gasteiger partial charge is 0.383 e. The molecule has 1 unspecified atom stereocenters. The molecular weight excluding hydrogens is 404 g/mol. The number of nitrogens with zero attached hydrogens (tertiary/aromatic N) is 2. The van der Waals surface area contributed by atoms with E-state index in [4.69, 9.17) is 0 Å². The second-order valence-electron chi connectivity index (χ2n) is 4.23. The molecule has 0 aliphatic carbocycles. The maximum Gasteiger partial charge on any atom is 0.116 e. The van der Waals surface area contributed by atoms with Gasteiger partial charge in [-0.05, 0) is 50.1 Å². The monoisotopic (exact) mass is 412 g/mol. The van der Waals surface area contributed by atoms with Gasteiger partial charge in [0, 0.05) is 21.1 Å². The van der Waals surface area contributed by atoms with Crippen LogP contribution in [-0.4, -0.2) is 14.9 Å². The Kier molecular flexibility index (Phi) is 4.07. The zero-order chi connectivity index (χ0) is 14.1. The maximum absolute atomic E-state index is 10.4. The highest BCUT2D eigenvalue weighted by molar-refractivity contribution is 9.13. The molecule has 3 aromatic rings. The van der Waals surface area contributed by atoms with Gasteiger partial charge in [0.2, 0.25) is 0 Å². The van der Waals surface area contributed by atoms with Crippen molar-refractivity contribution in [3.05, 3.63) is 67.5 Å². The van der Waals surface area contributed by atoms with Crippen LogP contribution in [0.2, 0.25) is 0 Å². The molecule has 0 radical (unpaired) electrons. The summed E-state index contributed by atoms with van der Waals surface area (Å²) in [5.41, 5.74) is 1.74. The number of thiophene rings is 1. The molecule has 0 fully saturated rings. The molecule has 2 aromatic heterocycles. The lowest BCUT2D eigenvalue weighted by molar-refractivity contribution is 0.224. The van der Waals surface area contributed by atoms with Crippen molar-refractivity contribution in [3.8, 4) is 5.69 Å². The summed E-state index contributed by atoms with van der Waals surface area (Å²) < 4.78 is 3.69. The van der Waals surface area contributed by atoms with Crippen LogP contribution in [0, 0.1) is 0 Å². The average molecular weight is 414 g/mol. The lowest BCUT2D eigenvalue weighted by Gasteiger charge is -2.04. The van der Waals surface area contributed by atoms with E-state index in [1.54, 1.807) is 10.9 Å². The minimum atomic E-state index is -0.667. The molecular formula is C14H10Br2N2OS. The Morgan fingerprint density at radius 1 is 1.20 bits per heavy atom. The molecule has 6 heteroatoms. The van der Waals surface area contributed by atoms with E-state index in [1.807, 2.05) is 42.6 Å². The second kappa shape index (κ2) is 5.81. The Morgan fingerprint density at radius 2 is 1.95 bits per heavy atom. The molecule has 0 saturated heterocycles. The van der Waals surface area contributed by atoms with Crippen LogP contribution >= 0.6 is 43.2 Å². The molecule has 3 nitrogen and oxygen atoms in total. The van der Waals surface area contributed by atoms with Crippen molar-refractivity contribution < 1.29 is 5.11 Å². The predicted molar refractivity (Wildman–Crippen MR) is 87.3 cm³/mol. The van der Waals surface area contributed by atoms with Crippen molar-refractivity contribution in [2.75, 3.05) is 0 Å². The van der Waals surface area contributed by atoms with Crippen molar-refractivity contribution in [2.45, 2.75) is 6.10 Å². The number of hydrogen-bond donors (Lipinski definition) is 1. The zero-order valence-corrected chi connectivity index (χ0v) is 14.2. The van der Waals surface area contributed by atoms with Gasteiger partial charge >= 0.3 is 0 Å². The summed E-state index contributed by atoms with van der Waals surface area (Å²) in [7, 11) is 0. The first-order valence-corrected chi connectivity index (χ1v) is 8.28. The number of aliphatic hydroxyl groups is 1. The van der Waals surface area contributed by atoms with Gasteiger partial charge in [-0.1, -0.05) is 18.2 Å². The summed E-state index contributed by atoms with van der Waals surface area (Å²) in [6.45, 7) is 0. The van der Waals surface area contributed by atoms with Gasteiger partial charge in [-0.2, -0.15) is 5.10 Å². The SMILES string of the molecule is OC(c1cnn(-c2ccccc2)c1)c1cc(Br)c(Br)s1. The Bertz CT molecular complexity index is 704. The Morgan fingerprint density at radius 3 is 2.60 bits per heavy atom. The van der Waals surface area contributed by atoms with Gasteiger partial charge in [0.1, 0.15) is 6.10 Å². The van der Waals surface area contributed by atoms with Crippen LogP contribution in [0.1, 0.15) is 16.5 Å². The number of para-hydroxylation sites is 1.